The Labute approximate surface area is 80.9 Å². The fourth-order valence-corrected chi connectivity index (χ4v) is 1.24. The lowest BCUT2D eigenvalue weighted by Crippen LogP contribution is -2.46. The van der Waals surface area contributed by atoms with Crippen molar-refractivity contribution in [2.45, 2.75) is 40.4 Å². The van der Waals surface area contributed by atoms with Crippen LogP contribution in [0.5, 0.6) is 0 Å². The van der Waals surface area contributed by atoms with Gasteiger partial charge in [-0.2, -0.15) is 0 Å². The van der Waals surface area contributed by atoms with Crippen molar-refractivity contribution >= 4 is 0 Å². The summed E-state index contributed by atoms with van der Waals surface area (Å²) < 4.78 is 11.5. The maximum absolute atomic E-state index is 5.74. The first-order valence-electron chi connectivity index (χ1n) is 4.81. The molecule has 0 aromatic carbocycles. The maximum Gasteiger partial charge on any atom is 0.187 e. The standard InChI is InChI=1S/C11H20O2/c1-6-9(2)11(5)12-7-10(3,4)8-13-11/h6H,7-8H2,1-5H3. The zero-order valence-electron chi connectivity index (χ0n) is 9.31. The Morgan fingerprint density at radius 1 is 1.15 bits per heavy atom. The van der Waals surface area contributed by atoms with Gasteiger partial charge in [-0.3, -0.25) is 0 Å². The predicted molar refractivity (Wildman–Crippen MR) is 53.5 cm³/mol. The summed E-state index contributed by atoms with van der Waals surface area (Å²) in [6.07, 6.45) is 2.04. The van der Waals surface area contributed by atoms with Crippen molar-refractivity contribution in [1.82, 2.24) is 0 Å². The van der Waals surface area contributed by atoms with Gasteiger partial charge in [-0.25, -0.2) is 0 Å². The molecule has 13 heavy (non-hydrogen) atoms. The van der Waals surface area contributed by atoms with Crippen molar-refractivity contribution in [3.05, 3.63) is 11.6 Å². The minimum Gasteiger partial charge on any atom is -0.346 e. The first-order valence-corrected chi connectivity index (χ1v) is 4.81. The second-order valence-corrected chi connectivity index (χ2v) is 4.66. The average molecular weight is 184 g/mol. The van der Waals surface area contributed by atoms with Crippen LogP contribution in [-0.2, 0) is 9.47 Å². The molecule has 1 saturated heterocycles. The largest absolute Gasteiger partial charge is 0.346 e. The Bertz CT molecular complexity index is 206. The normalized spacial score (nSPS) is 27.3. The predicted octanol–water partition coefficient (Wildman–Crippen LogP) is 2.74. The fraction of sp³-hybridized carbons (Fsp3) is 0.818. The molecule has 0 aromatic heterocycles. The van der Waals surface area contributed by atoms with Crippen LogP contribution in [0.4, 0.5) is 0 Å². The topological polar surface area (TPSA) is 18.5 Å². The van der Waals surface area contributed by atoms with Gasteiger partial charge >= 0.3 is 0 Å². The Kier molecular flexibility index (Phi) is 2.83. The molecule has 76 valence electrons. The molecule has 0 amide bonds. The third-order valence-corrected chi connectivity index (χ3v) is 2.63. The van der Waals surface area contributed by atoms with E-state index < -0.39 is 5.79 Å². The Hall–Kier alpha value is -0.340. The molecule has 0 aromatic rings. The SMILES string of the molecule is CC=C(C)C1(C)OCC(C)(C)CO1. The lowest BCUT2D eigenvalue weighted by molar-refractivity contribution is -0.268. The van der Waals surface area contributed by atoms with Crippen molar-refractivity contribution < 1.29 is 9.47 Å². The van der Waals surface area contributed by atoms with Gasteiger partial charge in [0.25, 0.3) is 0 Å². The summed E-state index contributed by atoms with van der Waals surface area (Å²) >= 11 is 0. The zero-order valence-corrected chi connectivity index (χ0v) is 9.31. The van der Waals surface area contributed by atoms with Gasteiger partial charge < -0.3 is 9.47 Å². The molecule has 0 N–H and O–H groups in total. The van der Waals surface area contributed by atoms with Gasteiger partial charge in [0.15, 0.2) is 5.79 Å². The molecule has 0 bridgehead atoms. The molecule has 1 aliphatic heterocycles. The molecular formula is C11H20O2. The summed E-state index contributed by atoms with van der Waals surface area (Å²) in [7, 11) is 0. The summed E-state index contributed by atoms with van der Waals surface area (Å²) in [5.41, 5.74) is 1.29. The van der Waals surface area contributed by atoms with E-state index >= 15 is 0 Å². The van der Waals surface area contributed by atoms with Crippen LogP contribution in [0.15, 0.2) is 11.6 Å². The van der Waals surface area contributed by atoms with Crippen LogP contribution in [0.3, 0.4) is 0 Å². The third kappa shape index (κ3) is 2.32. The van der Waals surface area contributed by atoms with E-state index in [4.69, 9.17) is 9.47 Å². The molecule has 0 aliphatic carbocycles. The van der Waals surface area contributed by atoms with E-state index in [0.29, 0.717) is 0 Å². The molecule has 2 heteroatoms. The van der Waals surface area contributed by atoms with Gasteiger partial charge in [0, 0.05) is 5.41 Å². The van der Waals surface area contributed by atoms with Gasteiger partial charge in [0.1, 0.15) is 0 Å². The highest BCUT2D eigenvalue weighted by atomic mass is 16.7. The molecule has 0 spiro atoms. The summed E-state index contributed by atoms with van der Waals surface area (Å²) in [5, 5.41) is 0. The average Bonchev–Trinajstić information content (AvgIpc) is 2.09. The van der Waals surface area contributed by atoms with E-state index in [2.05, 4.69) is 13.8 Å². The third-order valence-electron chi connectivity index (χ3n) is 2.63. The number of rotatable bonds is 1. The number of allylic oxidation sites excluding steroid dienone is 1. The van der Waals surface area contributed by atoms with Crippen molar-refractivity contribution in [1.29, 1.82) is 0 Å². The molecule has 2 nitrogen and oxygen atoms in total. The van der Waals surface area contributed by atoms with Crippen LogP contribution in [0, 0.1) is 5.41 Å². The zero-order chi connectivity index (χ0) is 10.1. The smallest absolute Gasteiger partial charge is 0.187 e. The van der Waals surface area contributed by atoms with Crippen LogP contribution in [0.1, 0.15) is 34.6 Å². The second-order valence-electron chi connectivity index (χ2n) is 4.66. The quantitative estimate of drug-likeness (QED) is 0.583. The van der Waals surface area contributed by atoms with E-state index in [0.717, 1.165) is 18.8 Å². The van der Waals surface area contributed by atoms with Crippen LogP contribution < -0.4 is 0 Å². The molecule has 0 radical (unpaired) electrons. The van der Waals surface area contributed by atoms with Crippen LogP contribution in [0.25, 0.3) is 0 Å². The summed E-state index contributed by atoms with van der Waals surface area (Å²) in [5.74, 6) is -0.496. The van der Waals surface area contributed by atoms with Crippen LogP contribution in [-0.4, -0.2) is 19.0 Å². The molecule has 1 heterocycles. The van der Waals surface area contributed by atoms with Gasteiger partial charge in [0.2, 0.25) is 0 Å². The molecule has 0 unspecified atom stereocenters. The van der Waals surface area contributed by atoms with Crippen LogP contribution >= 0.6 is 0 Å². The monoisotopic (exact) mass is 184 g/mol. The number of hydrogen-bond acceptors (Lipinski definition) is 2. The van der Waals surface area contributed by atoms with Gasteiger partial charge in [-0.05, 0) is 26.3 Å². The van der Waals surface area contributed by atoms with E-state index in [9.17, 15) is 0 Å². The highest BCUT2D eigenvalue weighted by Gasteiger charge is 2.37. The number of ether oxygens (including phenoxy) is 2. The summed E-state index contributed by atoms with van der Waals surface area (Å²) in [6.45, 7) is 11.8. The second kappa shape index (κ2) is 3.43. The lowest BCUT2D eigenvalue weighted by Gasteiger charge is -2.42. The van der Waals surface area contributed by atoms with Crippen molar-refractivity contribution in [3.8, 4) is 0 Å². The fourth-order valence-electron chi connectivity index (χ4n) is 1.24. The van der Waals surface area contributed by atoms with E-state index in [1.165, 1.54) is 0 Å². The first kappa shape index (κ1) is 10.7. The van der Waals surface area contributed by atoms with Gasteiger partial charge in [-0.1, -0.05) is 19.9 Å². The Morgan fingerprint density at radius 2 is 1.62 bits per heavy atom. The summed E-state index contributed by atoms with van der Waals surface area (Å²) in [6, 6.07) is 0. The van der Waals surface area contributed by atoms with Gasteiger partial charge in [0.05, 0.1) is 13.2 Å². The molecular weight excluding hydrogens is 164 g/mol. The minimum absolute atomic E-state index is 0.146. The summed E-state index contributed by atoms with van der Waals surface area (Å²) in [4.78, 5) is 0. The number of hydrogen-bond donors (Lipinski definition) is 0. The van der Waals surface area contributed by atoms with E-state index in [1.807, 2.05) is 26.8 Å². The van der Waals surface area contributed by atoms with Crippen molar-refractivity contribution in [2.24, 2.45) is 5.41 Å². The molecule has 0 atom stereocenters. The maximum atomic E-state index is 5.74. The highest BCUT2D eigenvalue weighted by molar-refractivity contribution is 5.08. The minimum atomic E-state index is -0.496. The van der Waals surface area contributed by atoms with Gasteiger partial charge in [-0.15, -0.1) is 0 Å². The first-order chi connectivity index (χ1) is 5.90. The van der Waals surface area contributed by atoms with Crippen LogP contribution in [0.2, 0.25) is 0 Å². The Morgan fingerprint density at radius 3 is 2.00 bits per heavy atom. The van der Waals surface area contributed by atoms with Crippen molar-refractivity contribution in [3.63, 3.8) is 0 Å². The molecule has 1 aliphatic rings. The molecule has 1 fully saturated rings. The molecule has 0 saturated carbocycles. The van der Waals surface area contributed by atoms with E-state index in [1.54, 1.807) is 0 Å². The lowest BCUT2D eigenvalue weighted by atomic mass is 9.94. The highest BCUT2D eigenvalue weighted by Crippen LogP contribution is 2.33. The Balaban J connectivity index is 2.67. The molecule has 1 rings (SSSR count). The van der Waals surface area contributed by atoms with E-state index in [-0.39, 0.29) is 5.41 Å². The van der Waals surface area contributed by atoms with Crippen molar-refractivity contribution in [2.75, 3.05) is 13.2 Å².